The quantitative estimate of drug-likeness (QED) is 0.840. The highest BCUT2D eigenvalue weighted by Crippen LogP contribution is 2.26. The number of piperazine rings is 1. The number of nitrogens with zero attached hydrogens (tertiary/aromatic N) is 1. The number of thioether (sulfide) groups is 1. The molecule has 1 saturated heterocycles. The molecule has 1 aliphatic rings. The lowest BCUT2D eigenvalue weighted by Gasteiger charge is -2.32. The van der Waals surface area contributed by atoms with E-state index in [4.69, 9.17) is 0 Å². The average Bonchev–Trinajstić information content (AvgIpc) is 2.31. The molecule has 1 atom stereocenters. The molecule has 0 bridgehead atoms. The Labute approximate surface area is 128 Å². The maximum atomic E-state index is 3.53. The molecular weight excluding hydrogens is 332 g/mol. The molecule has 1 aromatic rings. The predicted octanol–water partition coefficient (Wildman–Crippen LogP) is 3.39. The van der Waals surface area contributed by atoms with Crippen LogP contribution < -0.4 is 5.32 Å². The third-order valence-corrected chi connectivity index (χ3v) is 4.41. The zero-order chi connectivity index (χ0) is 12.3. The minimum atomic E-state index is 0. The van der Waals surface area contributed by atoms with Crippen molar-refractivity contribution in [3.05, 3.63) is 28.2 Å². The maximum Gasteiger partial charge on any atom is 0.0246 e. The van der Waals surface area contributed by atoms with E-state index in [-0.39, 0.29) is 12.4 Å². The largest absolute Gasteiger partial charge is 0.312 e. The highest BCUT2D eigenvalue weighted by molar-refractivity contribution is 9.10. The summed E-state index contributed by atoms with van der Waals surface area (Å²) in [5.41, 5.74) is 1.44. The van der Waals surface area contributed by atoms with E-state index in [9.17, 15) is 0 Å². The normalized spacial score (nSPS) is 20.5. The van der Waals surface area contributed by atoms with Gasteiger partial charge in [-0.1, -0.05) is 22.0 Å². The van der Waals surface area contributed by atoms with E-state index in [0.29, 0.717) is 6.04 Å². The van der Waals surface area contributed by atoms with E-state index in [2.05, 4.69) is 57.5 Å². The lowest BCUT2D eigenvalue weighted by Crippen LogP contribution is -2.48. The molecule has 1 aromatic carbocycles. The van der Waals surface area contributed by atoms with E-state index in [1.807, 2.05) is 11.8 Å². The zero-order valence-corrected chi connectivity index (χ0v) is 14.0. The van der Waals surface area contributed by atoms with Gasteiger partial charge < -0.3 is 5.32 Å². The first-order chi connectivity index (χ1) is 8.19. The summed E-state index contributed by atoms with van der Waals surface area (Å²) in [6.45, 7) is 6.71. The lowest BCUT2D eigenvalue weighted by molar-refractivity contribution is 0.198. The van der Waals surface area contributed by atoms with Crippen LogP contribution in [0.2, 0.25) is 0 Å². The molecule has 5 heteroatoms. The van der Waals surface area contributed by atoms with Gasteiger partial charge in [-0.05, 0) is 30.9 Å². The van der Waals surface area contributed by atoms with Crippen LogP contribution in [-0.2, 0) is 6.54 Å². The number of halogens is 2. The van der Waals surface area contributed by atoms with Crippen LogP contribution in [0.25, 0.3) is 0 Å². The van der Waals surface area contributed by atoms with Gasteiger partial charge in [0.15, 0.2) is 0 Å². The molecule has 1 fully saturated rings. The van der Waals surface area contributed by atoms with Crippen LogP contribution in [-0.4, -0.2) is 36.8 Å². The molecule has 1 aliphatic heterocycles. The van der Waals surface area contributed by atoms with Crippen molar-refractivity contribution in [3.8, 4) is 0 Å². The number of rotatable bonds is 3. The number of benzene rings is 1. The molecule has 0 saturated carbocycles. The van der Waals surface area contributed by atoms with E-state index in [0.717, 1.165) is 26.2 Å². The van der Waals surface area contributed by atoms with Crippen molar-refractivity contribution in [1.82, 2.24) is 10.2 Å². The highest BCUT2D eigenvalue weighted by Gasteiger charge is 2.16. The molecule has 0 radical (unpaired) electrons. The standard InChI is InChI=1S/C13H19BrN2S.ClH/c1-10-8-16(6-5-15-10)9-11-3-4-12(14)7-13(11)17-2;/h3-4,7,10,15H,5-6,8-9H2,1-2H3;1H. The third-order valence-electron chi connectivity index (χ3n) is 3.10. The van der Waals surface area contributed by atoms with E-state index < -0.39 is 0 Å². The molecule has 0 spiro atoms. The summed E-state index contributed by atoms with van der Waals surface area (Å²) in [6.07, 6.45) is 2.14. The van der Waals surface area contributed by atoms with Crippen LogP contribution in [0, 0.1) is 0 Å². The molecule has 1 unspecified atom stereocenters. The molecule has 102 valence electrons. The van der Waals surface area contributed by atoms with Gasteiger partial charge >= 0.3 is 0 Å². The molecule has 1 N–H and O–H groups in total. The Morgan fingerprint density at radius 2 is 2.28 bits per heavy atom. The smallest absolute Gasteiger partial charge is 0.0246 e. The van der Waals surface area contributed by atoms with Gasteiger partial charge in [-0.15, -0.1) is 24.2 Å². The Hall–Kier alpha value is 0.260. The fourth-order valence-electron chi connectivity index (χ4n) is 2.25. The van der Waals surface area contributed by atoms with Crippen molar-refractivity contribution >= 4 is 40.1 Å². The monoisotopic (exact) mass is 350 g/mol. The predicted molar refractivity (Wildman–Crippen MR) is 85.9 cm³/mol. The second-order valence-electron chi connectivity index (χ2n) is 4.55. The Bertz CT molecular complexity index is 389. The van der Waals surface area contributed by atoms with Gasteiger partial charge in [-0.3, -0.25) is 4.90 Å². The minimum Gasteiger partial charge on any atom is -0.312 e. The number of hydrogen-bond acceptors (Lipinski definition) is 3. The second kappa shape index (κ2) is 7.75. The van der Waals surface area contributed by atoms with Gasteiger partial charge in [-0.2, -0.15) is 0 Å². The topological polar surface area (TPSA) is 15.3 Å². The number of hydrogen-bond donors (Lipinski definition) is 1. The van der Waals surface area contributed by atoms with Crippen LogP contribution in [0.5, 0.6) is 0 Å². The summed E-state index contributed by atoms with van der Waals surface area (Å²) in [7, 11) is 0. The van der Waals surface area contributed by atoms with Crippen LogP contribution in [0.1, 0.15) is 12.5 Å². The van der Waals surface area contributed by atoms with Crippen molar-refractivity contribution in [3.63, 3.8) is 0 Å². The summed E-state index contributed by atoms with van der Waals surface area (Å²) in [5, 5.41) is 3.48. The summed E-state index contributed by atoms with van der Waals surface area (Å²) in [6, 6.07) is 7.20. The maximum absolute atomic E-state index is 3.53. The van der Waals surface area contributed by atoms with E-state index in [1.165, 1.54) is 14.9 Å². The summed E-state index contributed by atoms with van der Waals surface area (Å²) in [5.74, 6) is 0. The summed E-state index contributed by atoms with van der Waals surface area (Å²) >= 11 is 5.36. The van der Waals surface area contributed by atoms with E-state index in [1.54, 1.807) is 0 Å². The van der Waals surface area contributed by atoms with Crippen molar-refractivity contribution in [2.24, 2.45) is 0 Å². The van der Waals surface area contributed by atoms with Gasteiger partial charge in [-0.25, -0.2) is 0 Å². The average molecular weight is 352 g/mol. The van der Waals surface area contributed by atoms with Crippen molar-refractivity contribution in [1.29, 1.82) is 0 Å². The van der Waals surface area contributed by atoms with Crippen LogP contribution in [0.4, 0.5) is 0 Å². The fourth-order valence-corrected chi connectivity index (χ4v) is 3.40. The second-order valence-corrected chi connectivity index (χ2v) is 6.31. The molecule has 0 aliphatic carbocycles. The number of nitrogens with one attached hydrogen (secondary N) is 1. The Balaban J connectivity index is 0.00000162. The first-order valence-electron chi connectivity index (χ1n) is 5.97. The third kappa shape index (κ3) is 4.42. The molecule has 2 nitrogen and oxygen atoms in total. The summed E-state index contributed by atoms with van der Waals surface area (Å²) in [4.78, 5) is 3.91. The van der Waals surface area contributed by atoms with Gasteiger partial charge in [0.05, 0.1) is 0 Å². The Morgan fingerprint density at radius 3 is 2.94 bits per heavy atom. The molecular formula is C13H20BrClN2S. The SMILES string of the molecule is CSc1cc(Br)ccc1CN1CCNC(C)C1.Cl. The lowest BCUT2D eigenvalue weighted by atomic mass is 10.1. The van der Waals surface area contributed by atoms with Gasteiger partial charge in [0.25, 0.3) is 0 Å². The Morgan fingerprint density at radius 1 is 1.50 bits per heavy atom. The van der Waals surface area contributed by atoms with Gasteiger partial charge in [0.2, 0.25) is 0 Å². The van der Waals surface area contributed by atoms with Gasteiger partial charge in [0.1, 0.15) is 0 Å². The summed E-state index contributed by atoms with van der Waals surface area (Å²) < 4.78 is 1.17. The molecule has 1 heterocycles. The van der Waals surface area contributed by atoms with Crippen LogP contribution >= 0.6 is 40.1 Å². The Kier molecular flexibility index (Phi) is 7.03. The molecule has 2 rings (SSSR count). The first kappa shape index (κ1) is 16.3. The molecule has 0 aromatic heterocycles. The van der Waals surface area contributed by atoms with Crippen molar-refractivity contribution in [2.45, 2.75) is 24.4 Å². The molecule has 0 amide bonds. The van der Waals surface area contributed by atoms with E-state index >= 15 is 0 Å². The fraction of sp³-hybridized carbons (Fsp3) is 0.538. The van der Waals surface area contributed by atoms with Crippen molar-refractivity contribution < 1.29 is 0 Å². The van der Waals surface area contributed by atoms with Crippen LogP contribution in [0.15, 0.2) is 27.6 Å². The van der Waals surface area contributed by atoms with Gasteiger partial charge in [0, 0.05) is 41.6 Å². The minimum absolute atomic E-state index is 0. The van der Waals surface area contributed by atoms with Crippen LogP contribution in [0.3, 0.4) is 0 Å². The van der Waals surface area contributed by atoms with Crippen molar-refractivity contribution in [2.75, 3.05) is 25.9 Å². The highest BCUT2D eigenvalue weighted by atomic mass is 79.9. The molecule has 18 heavy (non-hydrogen) atoms. The first-order valence-corrected chi connectivity index (χ1v) is 7.99. The zero-order valence-electron chi connectivity index (χ0n) is 10.8.